The summed E-state index contributed by atoms with van der Waals surface area (Å²) in [6.07, 6.45) is 1.95. The fourth-order valence-electron chi connectivity index (χ4n) is 1.87. The minimum absolute atomic E-state index is 0.708. The Morgan fingerprint density at radius 1 is 1.18 bits per heavy atom. The predicted octanol–water partition coefficient (Wildman–Crippen LogP) is 3.60. The third-order valence-electron chi connectivity index (χ3n) is 2.86. The number of rotatable bonds is 1. The number of aryl methyl sites for hydroxylation is 2. The zero-order chi connectivity index (χ0) is 12.0. The molecule has 0 bridgehead atoms. The first-order chi connectivity index (χ1) is 8.15. The lowest BCUT2D eigenvalue weighted by atomic mass is 10.1. The van der Waals surface area contributed by atoms with Gasteiger partial charge in [-0.25, -0.2) is 9.50 Å². The molecule has 0 unspecified atom stereocenters. The third-order valence-corrected chi connectivity index (χ3v) is 3.33. The first-order valence-electron chi connectivity index (χ1n) is 5.45. The second-order valence-corrected chi connectivity index (χ2v) is 4.64. The maximum absolute atomic E-state index is 6.16. The summed E-state index contributed by atoms with van der Waals surface area (Å²) >= 11 is 6.16. The van der Waals surface area contributed by atoms with Crippen molar-refractivity contribution >= 4 is 17.2 Å². The molecule has 0 saturated carbocycles. The standard InChI is InChI=1S/C13H12ClN3/c1-8-3-5-10(6-4-8)12-15-13-11(14)9(2)7-17(13)16-12/h3-7H,1-2H3,(H,15,16). The fraction of sp³-hybridized carbons (Fsp3) is 0.154. The maximum atomic E-state index is 6.16. The summed E-state index contributed by atoms with van der Waals surface area (Å²) in [6.45, 7) is 4.04. The topological polar surface area (TPSA) is 33.1 Å². The molecule has 0 aliphatic carbocycles. The first kappa shape index (κ1) is 10.4. The van der Waals surface area contributed by atoms with Crippen molar-refractivity contribution in [1.29, 1.82) is 0 Å². The van der Waals surface area contributed by atoms with E-state index < -0.39 is 0 Å². The zero-order valence-electron chi connectivity index (χ0n) is 9.66. The molecule has 0 atom stereocenters. The highest BCUT2D eigenvalue weighted by atomic mass is 35.5. The minimum atomic E-state index is 0.708. The lowest BCUT2D eigenvalue weighted by Gasteiger charge is -1.96. The van der Waals surface area contributed by atoms with Crippen LogP contribution in [0.4, 0.5) is 0 Å². The monoisotopic (exact) mass is 245 g/mol. The number of hydrogen-bond donors (Lipinski definition) is 1. The van der Waals surface area contributed by atoms with E-state index in [4.69, 9.17) is 11.6 Å². The number of nitrogens with one attached hydrogen (secondary N) is 1. The SMILES string of the molecule is Cc1ccc(-c2nc3c(Cl)c(C)cn3[nH]2)cc1. The van der Waals surface area contributed by atoms with Crippen LogP contribution in [0.5, 0.6) is 0 Å². The number of fused-ring (bicyclic) bond motifs is 1. The van der Waals surface area contributed by atoms with Gasteiger partial charge in [0.1, 0.15) is 0 Å². The van der Waals surface area contributed by atoms with Gasteiger partial charge in [-0.3, -0.25) is 5.10 Å². The van der Waals surface area contributed by atoms with Crippen molar-refractivity contribution in [2.75, 3.05) is 0 Å². The molecule has 86 valence electrons. The van der Waals surface area contributed by atoms with Gasteiger partial charge in [0, 0.05) is 11.8 Å². The van der Waals surface area contributed by atoms with E-state index in [9.17, 15) is 0 Å². The van der Waals surface area contributed by atoms with Crippen LogP contribution in [-0.2, 0) is 0 Å². The third kappa shape index (κ3) is 1.63. The molecule has 0 radical (unpaired) electrons. The van der Waals surface area contributed by atoms with Crippen LogP contribution in [0, 0.1) is 13.8 Å². The number of aromatic nitrogens is 3. The summed E-state index contributed by atoms with van der Waals surface area (Å²) in [5, 5.41) is 3.92. The van der Waals surface area contributed by atoms with Crippen LogP contribution >= 0.6 is 11.6 Å². The van der Waals surface area contributed by atoms with E-state index >= 15 is 0 Å². The van der Waals surface area contributed by atoms with Gasteiger partial charge in [-0.05, 0) is 19.4 Å². The van der Waals surface area contributed by atoms with Crippen LogP contribution in [0.15, 0.2) is 30.5 Å². The molecule has 0 aliphatic heterocycles. The van der Waals surface area contributed by atoms with Gasteiger partial charge in [-0.15, -0.1) is 0 Å². The average molecular weight is 246 g/mol. The highest BCUT2D eigenvalue weighted by molar-refractivity contribution is 6.34. The van der Waals surface area contributed by atoms with Gasteiger partial charge in [-0.1, -0.05) is 41.4 Å². The Hall–Kier alpha value is -1.74. The lowest BCUT2D eigenvalue weighted by Crippen LogP contribution is -1.83. The smallest absolute Gasteiger partial charge is 0.172 e. The van der Waals surface area contributed by atoms with Crippen molar-refractivity contribution in [2.45, 2.75) is 13.8 Å². The molecule has 4 heteroatoms. The van der Waals surface area contributed by atoms with E-state index in [1.165, 1.54) is 5.56 Å². The van der Waals surface area contributed by atoms with Gasteiger partial charge < -0.3 is 0 Å². The second kappa shape index (κ2) is 3.64. The van der Waals surface area contributed by atoms with Gasteiger partial charge in [0.25, 0.3) is 0 Å². The maximum Gasteiger partial charge on any atom is 0.172 e. The van der Waals surface area contributed by atoms with E-state index in [0.717, 1.165) is 22.6 Å². The van der Waals surface area contributed by atoms with Crippen LogP contribution in [-0.4, -0.2) is 14.6 Å². The number of benzene rings is 1. The number of hydrogen-bond acceptors (Lipinski definition) is 1. The molecule has 2 aromatic heterocycles. The molecule has 0 saturated heterocycles. The van der Waals surface area contributed by atoms with Crippen molar-refractivity contribution in [2.24, 2.45) is 0 Å². The number of H-pyrrole nitrogens is 1. The summed E-state index contributed by atoms with van der Waals surface area (Å²) in [5.74, 6) is 0.835. The minimum Gasteiger partial charge on any atom is -0.276 e. The highest BCUT2D eigenvalue weighted by Crippen LogP contribution is 2.25. The summed E-state index contributed by atoms with van der Waals surface area (Å²) in [7, 11) is 0. The predicted molar refractivity (Wildman–Crippen MR) is 69.5 cm³/mol. The molecular weight excluding hydrogens is 234 g/mol. The van der Waals surface area contributed by atoms with Gasteiger partial charge in [0.2, 0.25) is 0 Å². The highest BCUT2D eigenvalue weighted by Gasteiger charge is 2.10. The number of nitrogens with zero attached hydrogens (tertiary/aromatic N) is 2. The summed E-state index contributed by atoms with van der Waals surface area (Å²) in [6, 6.07) is 8.24. The largest absolute Gasteiger partial charge is 0.276 e. The van der Waals surface area contributed by atoms with Gasteiger partial charge in [-0.2, -0.15) is 0 Å². The van der Waals surface area contributed by atoms with Crippen molar-refractivity contribution < 1.29 is 0 Å². The van der Waals surface area contributed by atoms with Crippen LogP contribution in [0.3, 0.4) is 0 Å². The second-order valence-electron chi connectivity index (χ2n) is 4.26. The Morgan fingerprint density at radius 2 is 1.88 bits per heavy atom. The molecule has 0 amide bonds. The van der Waals surface area contributed by atoms with Crippen LogP contribution in [0.2, 0.25) is 5.02 Å². The van der Waals surface area contributed by atoms with E-state index in [1.54, 1.807) is 0 Å². The van der Waals surface area contributed by atoms with E-state index in [-0.39, 0.29) is 0 Å². The van der Waals surface area contributed by atoms with E-state index in [0.29, 0.717) is 5.02 Å². The summed E-state index contributed by atoms with van der Waals surface area (Å²) < 4.78 is 1.85. The number of aromatic amines is 1. The first-order valence-corrected chi connectivity index (χ1v) is 5.83. The Labute approximate surface area is 104 Å². The summed E-state index contributed by atoms with van der Waals surface area (Å²) in [5.41, 5.74) is 4.11. The summed E-state index contributed by atoms with van der Waals surface area (Å²) in [4.78, 5) is 4.51. The molecule has 0 fully saturated rings. The molecule has 0 spiro atoms. The molecule has 1 N–H and O–H groups in total. The number of halogens is 1. The van der Waals surface area contributed by atoms with Gasteiger partial charge in [0.05, 0.1) is 5.02 Å². The zero-order valence-corrected chi connectivity index (χ0v) is 10.4. The Bertz CT molecular complexity index is 677. The van der Waals surface area contributed by atoms with Gasteiger partial charge in [0.15, 0.2) is 11.5 Å². The Balaban J connectivity index is 2.15. The quantitative estimate of drug-likeness (QED) is 0.698. The Kier molecular flexibility index (Phi) is 2.23. The molecule has 3 aromatic rings. The molecule has 3 nitrogen and oxygen atoms in total. The molecule has 3 rings (SSSR count). The molecular formula is C13H12ClN3. The normalized spacial score (nSPS) is 11.2. The van der Waals surface area contributed by atoms with E-state index in [2.05, 4.69) is 29.1 Å². The molecule has 2 heterocycles. The van der Waals surface area contributed by atoms with Crippen LogP contribution in [0.25, 0.3) is 17.0 Å². The van der Waals surface area contributed by atoms with Crippen LogP contribution in [0.1, 0.15) is 11.1 Å². The Morgan fingerprint density at radius 3 is 2.53 bits per heavy atom. The average Bonchev–Trinajstić information content (AvgIpc) is 2.82. The van der Waals surface area contributed by atoms with Gasteiger partial charge >= 0.3 is 0 Å². The lowest BCUT2D eigenvalue weighted by molar-refractivity contribution is 0.976. The van der Waals surface area contributed by atoms with E-state index in [1.807, 2.05) is 29.8 Å². The van der Waals surface area contributed by atoms with Crippen molar-refractivity contribution in [3.8, 4) is 11.4 Å². The van der Waals surface area contributed by atoms with Crippen molar-refractivity contribution in [3.05, 3.63) is 46.6 Å². The molecule has 1 aromatic carbocycles. The molecule has 0 aliphatic rings. The molecule has 17 heavy (non-hydrogen) atoms. The van der Waals surface area contributed by atoms with Crippen molar-refractivity contribution in [1.82, 2.24) is 14.6 Å². The fourth-order valence-corrected chi connectivity index (χ4v) is 2.05. The van der Waals surface area contributed by atoms with Crippen molar-refractivity contribution in [3.63, 3.8) is 0 Å². The van der Waals surface area contributed by atoms with Crippen LogP contribution < -0.4 is 0 Å².